The number of carbonyl (C=O) groups is 1. The van der Waals surface area contributed by atoms with Crippen LogP contribution in [0.4, 0.5) is 13.2 Å². The minimum absolute atomic E-state index is 0.0644. The van der Waals surface area contributed by atoms with Gasteiger partial charge in [-0.15, -0.1) is 0 Å². The molecule has 0 saturated heterocycles. The van der Waals surface area contributed by atoms with Crippen LogP contribution in [0.25, 0.3) is 0 Å². The second kappa shape index (κ2) is 8.97. The maximum Gasteiger partial charge on any atom is 0.416 e. The van der Waals surface area contributed by atoms with Crippen LogP contribution in [0.1, 0.15) is 22.5 Å². The Morgan fingerprint density at radius 3 is 2.37 bits per heavy atom. The van der Waals surface area contributed by atoms with E-state index in [9.17, 15) is 18.0 Å². The van der Waals surface area contributed by atoms with Gasteiger partial charge < -0.3 is 10.1 Å². The smallest absolute Gasteiger partial charge is 0.416 e. The van der Waals surface area contributed by atoms with Gasteiger partial charge in [-0.25, -0.2) is 0 Å². The maximum absolute atomic E-state index is 12.6. The molecule has 3 aromatic rings. The van der Waals surface area contributed by atoms with Crippen molar-refractivity contribution in [3.8, 4) is 11.5 Å². The number of aromatic amines is 1. The number of halogens is 5. The fourth-order valence-electron chi connectivity index (χ4n) is 2.67. The number of nitrogens with zero attached hydrogens (tertiary/aromatic N) is 1. The Morgan fingerprint density at radius 2 is 1.77 bits per heavy atom. The largest absolute Gasteiger partial charge is 0.453 e. The van der Waals surface area contributed by atoms with Crippen LogP contribution in [0.5, 0.6) is 11.5 Å². The molecule has 30 heavy (non-hydrogen) atoms. The molecule has 158 valence electrons. The summed E-state index contributed by atoms with van der Waals surface area (Å²) in [5.41, 5.74) is 0.778. The Labute approximate surface area is 180 Å². The fraction of sp³-hybridized carbons (Fsp3) is 0.200. The topological polar surface area (TPSA) is 67.0 Å². The molecule has 0 spiro atoms. The first-order valence-electron chi connectivity index (χ1n) is 8.72. The van der Waals surface area contributed by atoms with Gasteiger partial charge in [0.25, 0.3) is 0 Å². The lowest BCUT2D eigenvalue weighted by Gasteiger charge is -2.10. The molecule has 0 saturated carbocycles. The Bertz CT molecular complexity index is 1030. The highest BCUT2D eigenvalue weighted by Gasteiger charge is 2.29. The number of aromatic nitrogens is 2. The number of H-pyrrole nitrogens is 1. The summed E-state index contributed by atoms with van der Waals surface area (Å²) in [5.74, 6) is 0.411. The number of ether oxygens (including phenoxy) is 1. The zero-order valence-corrected chi connectivity index (χ0v) is 17.1. The molecule has 1 aromatic heterocycles. The van der Waals surface area contributed by atoms with Crippen LogP contribution in [0.15, 0.2) is 42.5 Å². The molecule has 0 fully saturated rings. The number of alkyl halides is 3. The highest BCUT2D eigenvalue weighted by molar-refractivity contribution is 6.34. The minimum Gasteiger partial charge on any atom is -0.453 e. The molecule has 1 heterocycles. The van der Waals surface area contributed by atoms with Crippen LogP contribution in [0.2, 0.25) is 10.0 Å². The first-order valence-corrected chi connectivity index (χ1v) is 9.48. The summed E-state index contributed by atoms with van der Waals surface area (Å²) >= 11 is 11.9. The molecule has 2 aromatic carbocycles. The Kier molecular flexibility index (Phi) is 6.58. The standard InChI is InChI=1S/C20H16Cl2F3N3O2/c1-11-19(30-16-7-14(21)6-15(22)8-16)17(28-27-11)9-18(29)26-10-12-2-4-13(5-3-12)20(23,24)25/h2-8H,9-10H2,1H3,(H,26,29)(H,27,28). The van der Waals surface area contributed by atoms with Crippen molar-refractivity contribution in [3.05, 3.63) is 75.0 Å². The summed E-state index contributed by atoms with van der Waals surface area (Å²) in [6.45, 7) is 1.80. The minimum atomic E-state index is -4.40. The monoisotopic (exact) mass is 457 g/mol. The van der Waals surface area contributed by atoms with Gasteiger partial charge >= 0.3 is 6.18 Å². The first-order chi connectivity index (χ1) is 14.1. The average Bonchev–Trinajstić information content (AvgIpc) is 2.98. The van der Waals surface area contributed by atoms with Gasteiger partial charge in [-0.3, -0.25) is 9.89 Å². The van der Waals surface area contributed by atoms with Gasteiger partial charge in [0.05, 0.1) is 17.7 Å². The predicted molar refractivity (Wildman–Crippen MR) is 107 cm³/mol. The number of rotatable bonds is 6. The molecular formula is C20H16Cl2F3N3O2. The molecule has 10 heteroatoms. The van der Waals surface area contributed by atoms with E-state index in [-0.39, 0.29) is 18.9 Å². The second-order valence-corrected chi connectivity index (χ2v) is 7.34. The molecule has 0 atom stereocenters. The summed E-state index contributed by atoms with van der Waals surface area (Å²) in [5, 5.41) is 10.3. The maximum atomic E-state index is 12.6. The SMILES string of the molecule is Cc1n[nH]c(CC(=O)NCc2ccc(C(F)(F)F)cc2)c1Oc1cc(Cl)cc(Cl)c1. The molecule has 0 bridgehead atoms. The molecule has 0 radical (unpaired) electrons. The Balaban J connectivity index is 1.63. The summed E-state index contributed by atoms with van der Waals surface area (Å²) in [4.78, 5) is 12.3. The molecule has 2 N–H and O–H groups in total. The summed E-state index contributed by atoms with van der Waals surface area (Å²) in [7, 11) is 0. The lowest BCUT2D eigenvalue weighted by Crippen LogP contribution is -2.25. The van der Waals surface area contributed by atoms with Crippen molar-refractivity contribution in [3.63, 3.8) is 0 Å². The van der Waals surface area contributed by atoms with E-state index in [2.05, 4.69) is 15.5 Å². The molecule has 0 aliphatic heterocycles. The molecule has 5 nitrogen and oxygen atoms in total. The van der Waals surface area contributed by atoms with E-state index in [0.717, 1.165) is 12.1 Å². The number of carbonyl (C=O) groups excluding carboxylic acids is 1. The molecule has 1 amide bonds. The van der Waals surface area contributed by atoms with E-state index in [1.54, 1.807) is 25.1 Å². The Morgan fingerprint density at radius 1 is 1.13 bits per heavy atom. The molecule has 0 aliphatic rings. The third kappa shape index (κ3) is 5.67. The zero-order chi connectivity index (χ0) is 21.9. The van der Waals surface area contributed by atoms with Crippen LogP contribution in [0, 0.1) is 6.92 Å². The van der Waals surface area contributed by atoms with Crippen LogP contribution >= 0.6 is 23.2 Å². The fourth-order valence-corrected chi connectivity index (χ4v) is 3.17. The van der Waals surface area contributed by atoms with E-state index in [1.807, 2.05) is 0 Å². The van der Waals surface area contributed by atoms with Crippen molar-refractivity contribution in [2.24, 2.45) is 0 Å². The van der Waals surface area contributed by atoms with Crippen molar-refractivity contribution < 1.29 is 22.7 Å². The van der Waals surface area contributed by atoms with Crippen molar-refractivity contribution in [2.75, 3.05) is 0 Å². The number of amides is 1. The molecule has 3 rings (SSSR count). The van der Waals surface area contributed by atoms with Gasteiger partial charge in [0.2, 0.25) is 5.91 Å². The number of hydrogen-bond acceptors (Lipinski definition) is 3. The average molecular weight is 458 g/mol. The highest BCUT2D eigenvalue weighted by Crippen LogP contribution is 2.32. The van der Waals surface area contributed by atoms with Crippen molar-refractivity contribution in [2.45, 2.75) is 26.1 Å². The van der Waals surface area contributed by atoms with Crippen molar-refractivity contribution in [1.82, 2.24) is 15.5 Å². The van der Waals surface area contributed by atoms with Gasteiger partial charge in [-0.1, -0.05) is 35.3 Å². The van der Waals surface area contributed by atoms with Gasteiger partial charge in [-0.2, -0.15) is 18.3 Å². The lowest BCUT2D eigenvalue weighted by atomic mass is 10.1. The predicted octanol–water partition coefficient (Wildman–Crippen LogP) is 5.69. The quantitative estimate of drug-likeness (QED) is 0.499. The van der Waals surface area contributed by atoms with E-state index >= 15 is 0 Å². The summed E-state index contributed by atoms with van der Waals surface area (Å²) in [6.07, 6.45) is -4.46. The van der Waals surface area contributed by atoms with Crippen molar-refractivity contribution >= 4 is 29.1 Å². The van der Waals surface area contributed by atoms with Gasteiger partial charge in [0.1, 0.15) is 11.4 Å². The van der Waals surface area contributed by atoms with Crippen LogP contribution in [-0.2, 0) is 23.9 Å². The second-order valence-electron chi connectivity index (χ2n) is 6.47. The van der Waals surface area contributed by atoms with Gasteiger partial charge in [-0.05, 0) is 42.8 Å². The van der Waals surface area contributed by atoms with Crippen molar-refractivity contribution in [1.29, 1.82) is 0 Å². The molecule has 0 unspecified atom stereocenters. The lowest BCUT2D eigenvalue weighted by molar-refractivity contribution is -0.137. The van der Waals surface area contributed by atoms with Crippen LogP contribution < -0.4 is 10.1 Å². The van der Waals surface area contributed by atoms with E-state index in [0.29, 0.717) is 38.5 Å². The number of benzene rings is 2. The first kappa shape index (κ1) is 22.0. The van der Waals surface area contributed by atoms with E-state index in [1.165, 1.54) is 12.1 Å². The zero-order valence-electron chi connectivity index (χ0n) is 15.6. The molecular weight excluding hydrogens is 442 g/mol. The number of aryl methyl sites for hydroxylation is 1. The number of hydrogen-bond donors (Lipinski definition) is 2. The van der Waals surface area contributed by atoms with E-state index < -0.39 is 11.7 Å². The third-order valence-electron chi connectivity index (χ3n) is 4.13. The van der Waals surface area contributed by atoms with Gasteiger partial charge in [0, 0.05) is 16.6 Å². The normalized spacial score (nSPS) is 11.4. The molecule has 0 aliphatic carbocycles. The summed E-state index contributed by atoms with van der Waals surface area (Å²) < 4.78 is 43.6. The van der Waals surface area contributed by atoms with Crippen LogP contribution in [-0.4, -0.2) is 16.1 Å². The van der Waals surface area contributed by atoms with Crippen LogP contribution in [0.3, 0.4) is 0 Å². The Hall–Kier alpha value is -2.71. The highest BCUT2D eigenvalue weighted by atomic mass is 35.5. The van der Waals surface area contributed by atoms with Gasteiger partial charge in [0.15, 0.2) is 5.75 Å². The van der Waals surface area contributed by atoms with E-state index in [4.69, 9.17) is 27.9 Å². The third-order valence-corrected chi connectivity index (χ3v) is 4.56. The number of nitrogens with one attached hydrogen (secondary N) is 2. The summed E-state index contributed by atoms with van der Waals surface area (Å²) in [6, 6.07) is 9.31.